The van der Waals surface area contributed by atoms with Crippen molar-refractivity contribution in [3.05, 3.63) is 22.8 Å². The van der Waals surface area contributed by atoms with Crippen LogP contribution in [0.1, 0.15) is 12.5 Å². The molecule has 0 saturated carbocycles. The molecular weight excluding hydrogens is 315 g/mol. The summed E-state index contributed by atoms with van der Waals surface area (Å²) in [6, 6.07) is -0.982. The molecule has 2 heterocycles. The van der Waals surface area contributed by atoms with E-state index in [1.807, 2.05) is 0 Å². The molecule has 0 bridgehead atoms. The highest BCUT2D eigenvalue weighted by Gasteiger charge is 2.45. The van der Waals surface area contributed by atoms with E-state index in [2.05, 4.69) is 4.98 Å². The predicted molar refractivity (Wildman–Crippen MR) is 66.4 cm³/mol. The molecule has 10 heteroatoms. The van der Waals surface area contributed by atoms with Crippen molar-refractivity contribution in [2.24, 2.45) is 0 Å². The van der Waals surface area contributed by atoms with Crippen molar-refractivity contribution in [1.29, 1.82) is 0 Å². The number of nitrogens with zero attached hydrogens (tertiary/aromatic N) is 3. The smallest absolute Gasteiger partial charge is 0.371 e. The molecule has 2 atom stereocenters. The van der Waals surface area contributed by atoms with E-state index in [0.717, 1.165) is 11.3 Å². The molecule has 0 aliphatic carbocycles. The number of hydrogen-bond donors (Lipinski definition) is 1. The van der Waals surface area contributed by atoms with Gasteiger partial charge in [0.1, 0.15) is 11.9 Å². The number of urea groups is 1. The van der Waals surface area contributed by atoms with E-state index in [0.29, 0.717) is 11.0 Å². The minimum Gasteiger partial charge on any atom is -0.371 e. The van der Waals surface area contributed by atoms with Gasteiger partial charge in [-0.3, -0.25) is 4.84 Å². The number of halogens is 4. The van der Waals surface area contributed by atoms with Crippen LogP contribution in [0.3, 0.4) is 0 Å². The highest BCUT2D eigenvalue weighted by Crippen LogP contribution is 2.37. The number of amides is 2. The summed E-state index contributed by atoms with van der Waals surface area (Å²) < 4.78 is 38.4. The number of aliphatic hydroxyl groups excluding tert-OH is 1. The number of hydroxylamine groups is 2. The molecule has 6 nitrogen and oxygen atoms in total. The maximum Gasteiger partial charge on any atom is 0.418 e. The second-order valence-corrected chi connectivity index (χ2v) is 4.74. The van der Waals surface area contributed by atoms with E-state index >= 15 is 0 Å². The second kappa shape index (κ2) is 5.32. The van der Waals surface area contributed by atoms with Crippen LogP contribution in [0, 0.1) is 0 Å². The molecule has 1 aromatic heterocycles. The van der Waals surface area contributed by atoms with Gasteiger partial charge in [0.2, 0.25) is 0 Å². The van der Waals surface area contributed by atoms with Crippen molar-refractivity contribution < 1.29 is 27.9 Å². The van der Waals surface area contributed by atoms with E-state index in [1.54, 1.807) is 0 Å². The minimum atomic E-state index is -4.70. The van der Waals surface area contributed by atoms with E-state index in [-0.39, 0.29) is 5.82 Å². The Morgan fingerprint density at radius 1 is 1.48 bits per heavy atom. The van der Waals surface area contributed by atoms with Gasteiger partial charge in [-0.25, -0.2) is 14.7 Å². The van der Waals surface area contributed by atoms with Crippen molar-refractivity contribution in [3.8, 4) is 0 Å². The fourth-order valence-corrected chi connectivity index (χ4v) is 2.20. The normalized spacial score (nSPS) is 23.1. The van der Waals surface area contributed by atoms with Gasteiger partial charge in [0.05, 0.1) is 17.7 Å². The number of carbonyl (C=O) groups is 1. The van der Waals surface area contributed by atoms with Crippen LogP contribution >= 0.6 is 11.6 Å². The molecule has 0 radical (unpaired) electrons. The van der Waals surface area contributed by atoms with Crippen molar-refractivity contribution in [2.45, 2.75) is 25.4 Å². The van der Waals surface area contributed by atoms with E-state index in [1.165, 1.54) is 14.0 Å². The molecule has 2 rings (SSSR count). The van der Waals surface area contributed by atoms with Crippen molar-refractivity contribution in [1.82, 2.24) is 10.0 Å². The summed E-state index contributed by atoms with van der Waals surface area (Å²) in [6.45, 7) is 1.48. The standard InChI is InChI=1S/C11H11ClF3N3O3/c1-5-9(19)17(10(20)18(5)21-2)8-3-6(11(13,14)15)7(12)4-16-8/h3-5,9,19H,1-2H3. The van der Waals surface area contributed by atoms with E-state index < -0.39 is 35.1 Å². The molecule has 0 spiro atoms. The molecule has 1 aliphatic heterocycles. The predicted octanol–water partition coefficient (Wildman–Crippen LogP) is 2.26. The number of hydrogen-bond acceptors (Lipinski definition) is 4. The average molecular weight is 326 g/mol. The first-order valence-electron chi connectivity index (χ1n) is 5.75. The summed E-state index contributed by atoms with van der Waals surface area (Å²) in [6.07, 6.45) is -5.32. The fraction of sp³-hybridized carbons (Fsp3) is 0.455. The maximum atomic E-state index is 12.8. The Balaban J connectivity index is 2.46. The molecular formula is C11H11ClF3N3O3. The lowest BCUT2D eigenvalue weighted by molar-refractivity contribution is -0.137. The number of pyridine rings is 1. The summed E-state index contributed by atoms with van der Waals surface area (Å²) in [7, 11) is 1.21. The fourth-order valence-electron chi connectivity index (χ4n) is 1.98. The van der Waals surface area contributed by atoms with Crippen LogP contribution in [0.5, 0.6) is 0 Å². The summed E-state index contributed by atoms with van der Waals surface area (Å²) in [4.78, 5) is 21.2. The van der Waals surface area contributed by atoms with Crippen LogP contribution < -0.4 is 4.90 Å². The van der Waals surface area contributed by atoms with E-state index in [4.69, 9.17) is 16.4 Å². The molecule has 1 aliphatic rings. The Morgan fingerprint density at radius 3 is 2.57 bits per heavy atom. The van der Waals surface area contributed by atoms with Crippen molar-refractivity contribution in [2.75, 3.05) is 12.0 Å². The van der Waals surface area contributed by atoms with Crippen molar-refractivity contribution in [3.63, 3.8) is 0 Å². The zero-order chi connectivity index (χ0) is 15.9. The van der Waals surface area contributed by atoms with Crippen LogP contribution in [-0.4, -0.2) is 40.6 Å². The topological polar surface area (TPSA) is 65.9 Å². The van der Waals surface area contributed by atoms with Gasteiger partial charge in [-0.1, -0.05) is 11.6 Å². The summed E-state index contributed by atoms with van der Waals surface area (Å²) in [5.74, 6) is -0.365. The largest absolute Gasteiger partial charge is 0.418 e. The number of alkyl halides is 3. The minimum absolute atomic E-state index is 0.365. The monoisotopic (exact) mass is 325 g/mol. The first-order valence-corrected chi connectivity index (χ1v) is 6.13. The van der Waals surface area contributed by atoms with Gasteiger partial charge in [0.25, 0.3) is 0 Å². The molecule has 1 fully saturated rings. The highest BCUT2D eigenvalue weighted by atomic mass is 35.5. The van der Waals surface area contributed by atoms with Crippen LogP contribution in [0.15, 0.2) is 12.3 Å². The molecule has 2 amide bonds. The number of carbonyl (C=O) groups excluding carboxylic acids is 1. The SMILES string of the molecule is CON1C(=O)N(c2cc(C(F)(F)F)c(Cl)cn2)C(O)C1C. The van der Waals surface area contributed by atoms with Gasteiger partial charge in [0.15, 0.2) is 6.23 Å². The number of aromatic nitrogens is 1. The van der Waals surface area contributed by atoms with Crippen molar-refractivity contribution >= 4 is 23.4 Å². The van der Waals surface area contributed by atoms with Crippen LogP contribution in [0.4, 0.5) is 23.8 Å². The summed E-state index contributed by atoms with van der Waals surface area (Å²) in [5, 5.41) is 10.2. The maximum absolute atomic E-state index is 12.8. The molecule has 2 unspecified atom stereocenters. The molecule has 1 saturated heterocycles. The molecule has 0 aromatic carbocycles. The zero-order valence-electron chi connectivity index (χ0n) is 10.9. The summed E-state index contributed by atoms with van der Waals surface area (Å²) in [5.41, 5.74) is -1.14. The van der Waals surface area contributed by atoms with Crippen LogP contribution in [0.25, 0.3) is 0 Å². The van der Waals surface area contributed by atoms with Crippen LogP contribution in [-0.2, 0) is 11.0 Å². The Hall–Kier alpha value is -1.58. The van der Waals surface area contributed by atoms with Gasteiger partial charge in [0, 0.05) is 6.20 Å². The Labute approximate surface area is 122 Å². The van der Waals surface area contributed by atoms with Crippen LogP contribution in [0.2, 0.25) is 5.02 Å². The Bertz CT molecular complexity index is 569. The lowest BCUT2D eigenvalue weighted by Gasteiger charge is -2.20. The average Bonchev–Trinajstić information content (AvgIpc) is 2.60. The van der Waals surface area contributed by atoms with Gasteiger partial charge >= 0.3 is 12.2 Å². The Morgan fingerprint density at radius 2 is 2.10 bits per heavy atom. The first-order chi connectivity index (χ1) is 9.68. The first kappa shape index (κ1) is 15.8. The molecule has 21 heavy (non-hydrogen) atoms. The van der Waals surface area contributed by atoms with Gasteiger partial charge in [-0.05, 0) is 13.0 Å². The number of aliphatic hydroxyl groups is 1. The third-order valence-corrected chi connectivity index (χ3v) is 3.35. The molecule has 116 valence electrons. The Kier molecular flexibility index (Phi) is 4.00. The zero-order valence-corrected chi connectivity index (χ0v) is 11.7. The second-order valence-electron chi connectivity index (χ2n) is 4.34. The third kappa shape index (κ3) is 2.63. The van der Waals surface area contributed by atoms with Gasteiger partial charge in [-0.15, -0.1) is 0 Å². The van der Waals surface area contributed by atoms with E-state index in [9.17, 15) is 23.1 Å². The van der Waals surface area contributed by atoms with Gasteiger partial charge in [-0.2, -0.15) is 18.2 Å². The summed E-state index contributed by atoms with van der Waals surface area (Å²) >= 11 is 5.46. The lowest BCUT2D eigenvalue weighted by Crippen LogP contribution is -2.36. The number of rotatable bonds is 2. The highest BCUT2D eigenvalue weighted by molar-refractivity contribution is 6.31. The molecule has 1 N–H and O–H groups in total. The lowest BCUT2D eigenvalue weighted by atomic mass is 10.2. The third-order valence-electron chi connectivity index (χ3n) is 3.05. The molecule has 1 aromatic rings. The van der Waals surface area contributed by atoms with Gasteiger partial charge < -0.3 is 5.11 Å². The number of anilines is 1. The quantitative estimate of drug-likeness (QED) is 0.906.